The van der Waals surface area contributed by atoms with Crippen molar-refractivity contribution in [3.8, 4) is 0 Å². The molecule has 0 amide bonds. The van der Waals surface area contributed by atoms with E-state index in [2.05, 4.69) is 49.5 Å². The normalized spacial score (nSPS) is 12.7. The van der Waals surface area contributed by atoms with Gasteiger partial charge in [0.1, 0.15) is 0 Å². The average molecular weight is 223 g/mol. The highest BCUT2D eigenvalue weighted by Crippen LogP contribution is 2.13. The van der Waals surface area contributed by atoms with Crippen LogP contribution in [0.15, 0.2) is 30.3 Å². The zero-order valence-electron chi connectivity index (χ0n) is 9.70. The van der Waals surface area contributed by atoms with Crippen LogP contribution in [0.1, 0.15) is 25.8 Å². The van der Waals surface area contributed by atoms with E-state index < -0.39 is 0 Å². The Bertz CT molecular complexity index is 248. The van der Waals surface area contributed by atoms with Crippen molar-refractivity contribution >= 4 is 11.8 Å². The molecule has 1 N–H and O–H groups in total. The molecule has 84 valence electrons. The number of thioether (sulfide) groups is 1. The van der Waals surface area contributed by atoms with Crippen LogP contribution in [0.4, 0.5) is 0 Å². The van der Waals surface area contributed by atoms with Crippen molar-refractivity contribution in [3.05, 3.63) is 35.9 Å². The zero-order valence-corrected chi connectivity index (χ0v) is 10.5. The van der Waals surface area contributed by atoms with Crippen molar-refractivity contribution in [1.29, 1.82) is 0 Å². The lowest BCUT2D eigenvalue weighted by Gasteiger charge is -2.14. The fourth-order valence-electron chi connectivity index (χ4n) is 1.50. The third-order valence-corrected chi connectivity index (χ3v) is 3.59. The van der Waals surface area contributed by atoms with Crippen molar-refractivity contribution in [3.63, 3.8) is 0 Å². The van der Waals surface area contributed by atoms with E-state index in [-0.39, 0.29) is 0 Å². The first-order valence-electron chi connectivity index (χ1n) is 5.71. The lowest BCUT2D eigenvalue weighted by atomic mass is 10.2. The van der Waals surface area contributed by atoms with E-state index >= 15 is 0 Å². The smallest absolute Gasteiger partial charge is 0.0185 e. The molecule has 1 atom stereocenters. The van der Waals surface area contributed by atoms with Gasteiger partial charge in [-0.15, -0.1) is 0 Å². The molecule has 0 heterocycles. The molecule has 0 aliphatic carbocycles. The first kappa shape index (κ1) is 12.6. The fourth-order valence-corrected chi connectivity index (χ4v) is 2.69. The maximum Gasteiger partial charge on any atom is 0.0185 e. The topological polar surface area (TPSA) is 12.0 Å². The molecule has 0 saturated carbocycles. The summed E-state index contributed by atoms with van der Waals surface area (Å²) in [5.74, 6) is 2.34. The first-order valence-corrected chi connectivity index (χ1v) is 6.87. The third-order valence-electron chi connectivity index (χ3n) is 2.42. The standard InChI is InChI=1S/C13H21NS/c1-3-13(14-4-2)11-15-10-12-8-6-5-7-9-12/h5-9,13-14H,3-4,10-11H2,1-2H3. The number of hydrogen-bond donors (Lipinski definition) is 1. The second kappa shape index (κ2) is 7.77. The highest BCUT2D eigenvalue weighted by molar-refractivity contribution is 7.98. The molecular weight excluding hydrogens is 202 g/mol. The van der Waals surface area contributed by atoms with Crippen LogP contribution in [0, 0.1) is 0 Å². The van der Waals surface area contributed by atoms with Crippen molar-refractivity contribution in [2.24, 2.45) is 0 Å². The molecule has 1 aromatic carbocycles. The summed E-state index contributed by atoms with van der Waals surface area (Å²) in [6, 6.07) is 11.3. The van der Waals surface area contributed by atoms with Gasteiger partial charge in [0.15, 0.2) is 0 Å². The lowest BCUT2D eigenvalue weighted by Crippen LogP contribution is -2.30. The molecule has 0 aliphatic heterocycles. The monoisotopic (exact) mass is 223 g/mol. The number of hydrogen-bond acceptors (Lipinski definition) is 2. The Balaban J connectivity index is 2.20. The predicted octanol–water partition coefficient (Wildman–Crippen LogP) is 3.31. The summed E-state index contributed by atoms with van der Waals surface area (Å²) < 4.78 is 0. The minimum atomic E-state index is 0.670. The van der Waals surface area contributed by atoms with Gasteiger partial charge < -0.3 is 5.32 Å². The van der Waals surface area contributed by atoms with Crippen LogP contribution < -0.4 is 5.32 Å². The number of rotatable bonds is 7. The third kappa shape index (κ3) is 5.24. The largest absolute Gasteiger partial charge is 0.313 e. The van der Waals surface area contributed by atoms with Gasteiger partial charge in [-0.3, -0.25) is 0 Å². The van der Waals surface area contributed by atoms with E-state index in [1.54, 1.807) is 0 Å². The minimum Gasteiger partial charge on any atom is -0.313 e. The van der Waals surface area contributed by atoms with Gasteiger partial charge in [-0.25, -0.2) is 0 Å². The van der Waals surface area contributed by atoms with Crippen LogP contribution in [-0.4, -0.2) is 18.3 Å². The van der Waals surface area contributed by atoms with E-state index in [0.29, 0.717) is 6.04 Å². The molecule has 0 bridgehead atoms. The molecule has 1 aromatic rings. The molecule has 1 rings (SSSR count). The molecule has 15 heavy (non-hydrogen) atoms. The molecule has 1 unspecified atom stereocenters. The van der Waals surface area contributed by atoms with Gasteiger partial charge in [0.05, 0.1) is 0 Å². The Labute approximate surface area is 97.7 Å². The van der Waals surface area contributed by atoms with Crippen LogP contribution in [-0.2, 0) is 5.75 Å². The van der Waals surface area contributed by atoms with Gasteiger partial charge in [0.2, 0.25) is 0 Å². The Morgan fingerprint density at radius 3 is 2.53 bits per heavy atom. The Morgan fingerprint density at radius 1 is 1.20 bits per heavy atom. The van der Waals surface area contributed by atoms with Crippen LogP contribution >= 0.6 is 11.8 Å². The highest BCUT2D eigenvalue weighted by Gasteiger charge is 2.03. The molecule has 0 aliphatic rings. The van der Waals surface area contributed by atoms with Crippen LogP contribution in [0.3, 0.4) is 0 Å². The lowest BCUT2D eigenvalue weighted by molar-refractivity contribution is 0.560. The maximum absolute atomic E-state index is 3.50. The average Bonchev–Trinajstić information content (AvgIpc) is 2.29. The molecule has 0 radical (unpaired) electrons. The summed E-state index contributed by atoms with van der Waals surface area (Å²) in [6.07, 6.45) is 1.22. The van der Waals surface area contributed by atoms with Crippen molar-refractivity contribution in [1.82, 2.24) is 5.32 Å². The maximum atomic E-state index is 3.50. The van der Waals surface area contributed by atoms with E-state index in [4.69, 9.17) is 0 Å². The number of benzene rings is 1. The van der Waals surface area contributed by atoms with Gasteiger partial charge >= 0.3 is 0 Å². The van der Waals surface area contributed by atoms with Crippen LogP contribution in [0.5, 0.6) is 0 Å². The van der Waals surface area contributed by atoms with Crippen LogP contribution in [0.2, 0.25) is 0 Å². The minimum absolute atomic E-state index is 0.670. The Kier molecular flexibility index (Phi) is 6.53. The molecule has 2 heteroatoms. The second-order valence-electron chi connectivity index (χ2n) is 3.66. The predicted molar refractivity (Wildman–Crippen MR) is 70.4 cm³/mol. The Morgan fingerprint density at radius 2 is 1.93 bits per heavy atom. The summed E-state index contributed by atoms with van der Waals surface area (Å²) in [7, 11) is 0. The molecule has 0 spiro atoms. The van der Waals surface area contributed by atoms with E-state index in [1.165, 1.54) is 17.7 Å². The first-order chi connectivity index (χ1) is 7.36. The summed E-state index contributed by atoms with van der Waals surface area (Å²) in [5.41, 5.74) is 1.42. The molecular formula is C13H21NS. The quantitative estimate of drug-likeness (QED) is 0.761. The van der Waals surface area contributed by atoms with Gasteiger partial charge in [-0.05, 0) is 18.5 Å². The highest BCUT2D eigenvalue weighted by atomic mass is 32.2. The summed E-state index contributed by atoms with van der Waals surface area (Å²) in [4.78, 5) is 0. The van der Waals surface area contributed by atoms with Crippen molar-refractivity contribution < 1.29 is 0 Å². The van der Waals surface area contributed by atoms with Crippen molar-refractivity contribution in [2.75, 3.05) is 12.3 Å². The van der Waals surface area contributed by atoms with E-state index in [1.807, 2.05) is 11.8 Å². The summed E-state index contributed by atoms with van der Waals surface area (Å²) in [6.45, 7) is 5.49. The zero-order chi connectivity index (χ0) is 10.9. The molecule has 0 aromatic heterocycles. The Hall–Kier alpha value is -0.470. The van der Waals surface area contributed by atoms with Gasteiger partial charge in [0.25, 0.3) is 0 Å². The molecule has 0 fully saturated rings. The SMILES string of the molecule is CCNC(CC)CSCc1ccccc1. The van der Waals surface area contributed by atoms with Gasteiger partial charge in [0, 0.05) is 17.5 Å². The molecule has 1 nitrogen and oxygen atoms in total. The van der Waals surface area contributed by atoms with E-state index in [0.717, 1.165) is 12.3 Å². The van der Waals surface area contributed by atoms with Crippen molar-refractivity contribution in [2.45, 2.75) is 32.1 Å². The second-order valence-corrected chi connectivity index (χ2v) is 4.69. The summed E-state index contributed by atoms with van der Waals surface area (Å²) in [5, 5.41) is 3.50. The molecule has 0 saturated heterocycles. The van der Waals surface area contributed by atoms with Gasteiger partial charge in [-0.2, -0.15) is 11.8 Å². The number of nitrogens with one attached hydrogen (secondary N) is 1. The summed E-state index contributed by atoms with van der Waals surface area (Å²) >= 11 is 2.02. The van der Waals surface area contributed by atoms with Crippen LogP contribution in [0.25, 0.3) is 0 Å². The van der Waals surface area contributed by atoms with E-state index in [9.17, 15) is 0 Å². The van der Waals surface area contributed by atoms with Gasteiger partial charge in [-0.1, -0.05) is 44.2 Å². The fraction of sp³-hybridized carbons (Fsp3) is 0.538.